The zero-order valence-corrected chi connectivity index (χ0v) is 14.3. The van der Waals surface area contributed by atoms with Gasteiger partial charge in [0.05, 0.1) is 16.6 Å². The average Bonchev–Trinajstić information content (AvgIpc) is 3.23. The van der Waals surface area contributed by atoms with Crippen LogP contribution in [0.25, 0.3) is 5.69 Å². The fourth-order valence-corrected chi connectivity index (χ4v) is 4.06. The molecule has 0 bridgehead atoms. The molecule has 25 heavy (non-hydrogen) atoms. The maximum atomic E-state index is 12.2. The third-order valence-electron chi connectivity index (χ3n) is 4.13. The highest BCUT2D eigenvalue weighted by molar-refractivity contribution is 7.90. The lowest BCUT2D eigenvalue weighted by Crippen LogP contribution is -2.22. The van der Waals surface area contributed by atoms with Crippen molar-refractivity contribution in [2.24, 2.45) is 4.99 Å². The summed E-state index contributed by atoms with van der Waals surface area (Å²) in [6.45, 7) is 1.94. The number of sulfonamides is 1. The van der Waals surface area contributed by atoms with E-state index < -0.39 is 10.0 Å². The molecule has 1 aliphatic rings. The molecule has 1 atom stereocenters. The number of hydrogen-bond acceptors (Lipinski definition) is 4. The fraction of sp³-hybridized carbons (Fsp3) is 0.111. The molecule has 0 amide bonds. The van der Waals surface area contributed by atoms with Crippen molar-refractivity contribution >= 4 is 15.9 Å². The van der Waals surface area contributed by atoms with E-state index in [0.717, 1.165) is 11.3 Å². The molecule has 1 aromatic heterocycles. The summed E-state index contributed by atoms with van der Waals surface area (Å²) < 4.78 is 28.6. The number of aliphatic imine (C=N–C) groups is 1. The van der Waals surface area contributed by atoms with Gasteiger partial charge in [-0.15, -0.1) is 0 Å². The molecule has 6 nitrogen and oxygen atoms in total. The summed E-state index contributed by atoms with van der Waals surface area (Å²) in [4.78, 5) is 4.85. The normalized spacial score (nSPS) is 17.9. The topological polar surface area (TPSA) is 76.3 Å². The standard InChI is InChI=1S/C18H16N4O2S/c1-13(14-7-9-15(10-8-14)22-12-4-11-19-22)20-18-16-5-2-3-6-17(16)25(23,24)21-18/h2-13H,1H3,(H,20,21). The lowest BCUT2D eigenvalue weighted by molar-refractivity contribution is 0.595. The molecule has 1 unspecified atom stereocenters. The van der Waals surface area contributed by atoms with E-state index in [1.807, 2.05) is 43.5 Å². The number of fused-ring (bicyclic) bond motifs is 1. The Morgan fingerprint density at radius 3 is 2.56 bits per heavy atom. The molecule has 1 N–H and O–H groups in total. The van der Waals surface area contributed by atoms with Crippen molar-refractivity contribution in [1.82, 2.24) is 14.5 Å². The first-order valence-electron chi connectivity index (χ1n) is 7.84. The average molecular weight is 352 g/mol. The predicted molar refractivity (Wildman–Crippen MR) is 95.3 cm³/mol. The number of nitrogens with zero attached hydrogens (tertiary/aromatic N) is 3. The van der Waals surface area contributed by atoms with Crippen LogP contribution in [-0.2, 0) is 10.0 Å². The van der Waals surface area contributed by atoms with Crippen molar-refractivity contribution in [1.29, 1.82) is 0 Å². The molecule has 0 fully saturated rings. The van der Waals surface area contributed by atoms with Gasteiger partial charge in [0, 0.05) is 18.0 Å². The number of amidine groups is 1. The Labute approximate surface area is 145 Å². The van der Waals surface area contributed by atoms with E-state index in [2.05, 4.69) is 14.8 Å². The number of rotatable bonds is 3. The van der Waals surface area contributed by atoms with Crippen LogP contribution >= 0.6 is 0 Å². The Bertz CT molecular complexity index is 1040. The summed E-state index contributed by atoms with van der Waals surface area (Å²) in [5.74, 6) is 0.388. The van der Waals surface area contributed by atoms with Crippen molar-refractivity contribution in [3.8, 4) is 5.69 Å². The van der Waals surface area contributed by atoms with Gasteiger partial charge in [-0.2, -0.15) is 5.10 Å². The molecular formula is C18H16N4O2S. The van der Waals surface area contributed by atoms with Gasteiger partial charge in [0.2, 0.25) is 0 Å². The summed E-state index contributed by atoms with van der Waals surface area (Å²) in [5, 5.41) is 4.20. The molecule has 2 heterocycles. The second-order valence-corrected chi connectivity index (χ2v) is 7.45. The zero-order chi connectivity index (χ0) is 17.4. The summed E-state index contributed by atoms with van der Waals surface area (Å²) in [6, 6.07) is 16.4. The van der Waals surface area contributed by atoms with Crippen LogP contribution in [0, 0.1) is 0 Å². The van der Waals surface area contributed by atoms with Gasteiger partial charge >= 0.3 is 0 Å². The minimum atomic E-state index is -3.51. The van der Waals surface area contributed by atoms with E-state index in [1.165, 1.54) is 0 Å². The minimum absolute atomic E-state index is 0.185. The van der Waals surface area contributed by atoms with Crippen LogP contribution < -0.4 is 4.72 Å². The molecule has 0 radical (unpaired) electrons. The van der Waals surface area contributed by atoms with Crippen LogP contribution in [0.3, 0.4) is 0 Å². The van der Waals surface area contributed by atoms with Crippen molar-refractivity contribution in [3.63, 3.8) is 0 Å². The van der Waals surface area contributed by atoms with E-state index in [-0.39, 0.29) is 10.9 Å². The molecule has 0 saturated heterocycles. The van der Waals surface area contributed by atoms with Crippen LogP contribution in [0.1, 0.15) is 24.1 Å². The Balaban J connectivity index is 1.64. The van der Waals surface area contributed by atoms with Crippen molar-refractivity contribution < 1.29 is 8.42 Å². The predicted octanol–water partition coefficient (Wildman–Crippen LogP) is 2.67. The number of nitrogens with one attached hydrogen (secondary N) is 1. The molecule has 0 aliphatic carbocycles. The van der Waals surface area contributed by atoms with E-state index >= 15 is 0 Å². The number of benzene rings is 2. The zero-order valence-electron chi connectivity index (χ0n) is 13.5. The quantitative estimate of drug-likeness (QED) is 0.787. The Morgan fingerprint density at radius 2 is 1.84 bits per heavy atom. The molecule has 2 aromatic carbocycles. The van der Waals surface area contributed by atoms with Crippen LogP contribution in [0.5, 0.6) is 0 Å². The van der Waals surface area contributed by atoms with Crippen molar-refractivity contribution in [2.45, 2.75) is 17.9 Å². The van der Waals surface area contributed by atoms with Gasteiger partial charge in [0.15, 0.2) is 0 Å². The second kappa shape index (κ2) is 5.86. The smallest absolute Gasteiger partial charge is 0.263 e. The maximum absolute atomic E-state index is 12.2. The third-order valence-corrected chi connectivity index (χ3v) is 5.53. The lowest BCUT2D eigenvalue weighted by atomic mass is 10.1. The van der Waals surface area contributed by atoms with Gasteiger partial charge < -0.3 is 0 Å². The summed E-state index contributed by atoms with van der Waals surface area (Å²) in [6.07, 6.45) is 3.61. The Kier molecular flexibility index (Phi) is 3.65. The monoisotopic (exact) mass is 352 g/mol. The largest absolute Gasteiger partial charge is 0.263 e. The van der Waals surface area contributed by atoms with Gasteiger partial charge in [-0.05, 0) is 42.8 Å². The van der Waals surface area contributed by atoms with Crippen LogP contribution in [-0.4, -0.2) is 24.0 Å². The van der Waals surface area contributed by atoms with Gasteiger partial charge in [-0.3, -0.25) is 9.71 Å². The van der Waals surface area contributed by atoms with E-state index in [9.17, 15) is 8.42 Å². The minimum Gasteiger partial charge on any atom is -0.263 e. The molecule has 4 rings (SSSR count). The van der Waals surface area contributed by atoms with Gasteiger partial charge in [-0.1, -0.05) is 24.3 Å². The Morgan fingerprint density at radius 1 is 1.08 bits per heavy atom. The lowest BCUT2D eigenvalue weighted by Gasteiger charge is -2.10. The molecular weight excluding hydrogens is 336 g/mol. The molecule has 0 saturated carbocycles. The van der Waals surface area contributed by atoms with Crippen LogP contribution in [0.4, 0.5) is 0 Å². The van der Waals surface area contributed by atoms with Gasteiger partial charge in [0.25, 0.3) is 10.0 Å². The van der Waals surface area contributed by atoms with Crippen LogP contribution in [0.15, 0.2) is 76.9 Å². The first kappa shape index (κ1) is 15.6. The highest BCUT2D eigenvalue weighted by Crippen LogP contribution is 2.25. The second-order valence-electron chi connectivity index (χ2n) is 5.80. The van der Waals surface area contributed by atoms with Gasteiger partial charge in [0.1, 0.15) is 5.84 Å². The van der Waals surface area contributed by atoms with E-state index in [4.69, 9.17) is 0 Å². The molecule has 0 spiro atoms. The summed E-state index contributed by atoms with van der Waals surface area (Å²) >= 11 is 0. The third kappa shape index (κ3) is 2.83. The highest BCUT2D eigenvalue weighted by Gasteiger charge is 2.30. The SMILES string of the molecule is CC(N=C1NS(=O)(=O)c2ccccc21)c1ccc(-n2cccn2)cc1. The first-order chi connectivity index (χ1) is 12.0. The van der Waals surface area contributed by atoms with Gasteiger partial charge in [-0.25, -0.2) is 13.1 Å². The van der Waals surface area contributed by atoms with E-state index in [0.29, 0.717) is 11.4 Å². The Hall–Kier alpha value is -2.93. The van der Waals surface area contributed by atoms with Crippen molar-refractivity contribution in [3.05, 3.63) is 78.1 Å². The molecule has 3 aromatic rings. The van der Waals surface area contributed by atoms with E-state index in [1.54, 1.807) is 35.1 Å². The fourth-order valence-electron chi connectivity index (χ4n) is 2.83. The molecule has 1 aliphatic heterocycles. The number of hydrogen-bond donors (Lipinski definition) is 1. The maximum Gasteiger partial charge on any atom is 0.263 e. The first-order valence-corrected chi connectivity index (χ1v) is 9.33. The summed E-state index contributed by atoms with van der Waals surface area (Å²) in [5.41, 5.74) is 2.56. The molecule has 7 heteroatoms. The summed E-state index contributed by atoms with van der Waals surface area (Å²) in [7, 11) is -3.51. The van der Waals surface area contributed by atoms with Crippen LogP contribution in [0.2, 0.25) is 0 Å². The molecule has 126 valence electrons. The van der Waals surface area contributed by atoms with Crippen molar-refractivity contribution in [2.75, 3.05) is 0 Å². The number of aromatic nitrogens is 2. The highest BCUT2D eigenvalue weighted by atomic mass is 32.2.